The molecule has 0 radical (unpaired) electrons. The quantitative estimate of drug-likeness (QED) is 0.802. The van der Waals surface area contributed by atoms with Crippen LogP contribution in [0.5, 0.6) is 0 Å². The van der Waals surface area contributed by atoms with Crippen molar-refractivity contribution in [3.63, 3.8) is 0 Å². The molecule has 2 aliphatic rings. The molecule has 150 valence electrons. The van der Waals surface area contributed by atoms with Gasteiger partial charge in [-0.1, -0.05) is 0 Å². The number of fused-ring (bicyclic) bond motifs is 1. The van der Waals surface area contributed by atoms with Crippen LogP contribution in [0.15, 0.2) is 27.4 Å². The maximum atomic E-state index is 12.5. The van der Waals surface area contributed by atoms with Gasteiger partial charge in [-0.3, -0.25) is 9.47 Å². The highest BCUT2D eigenvalue weighted by Gasteiger charge is 2.38. The second-order valence-electron chi connectivity index (χ2n) is 8.40. The minimum Gasteiger partial charge on any atom is -0.408 e. The lowest BCUT2D eigenvalue weighted by Gasteiger charge is -2.48. The lowest BCUT2D eigenvalue weighted by Crippen LogP contribution is -2.52. The van der Waals surface area contributed by atoms with Gasteiger partial charge in [0, 0.05) is 31.3 Å². The van der Waals surface area contributed by atoms with Crippen LogP contribution in [-0.4, -0.2) is 40.8 Å². The second kappa shape index (κ2) is 7.73. The molecule has 0 N–H and O–H groups in total. The molecule has 28 heavy (non-hydrogen) atoms. The number of oxazole rings is 1. The van der Waals surface area contributed by atoms with Crippen LogP contribution in [-0.2, 0) is 4.74 Å². The van der Waals surface area contributed by atoms with E-state index in [1.165, 1.54) is 12.8 Å². The first-order chi connectivity index (χ1) is 13.5. The number of hydrogen-bond donors (Lipinski definition) is 0. The fourth-order valence-corrected chi connectivity index (χ4v) is 5.04. The number of hydrogen-bond acceptors (Lipinski definition) is 5. The van der Waals surface area contributed by atoms with Gasteiger partial charge in [0.2, 0.25) is 0 Å². The maximum Gasteiger partial charge on any atom is 0.420 e. The number of rotatable bonds is 4. The van der Waals surface area contributed by atoms with E-state index < -0.39 is 0 Å². The maximum absolute atomic E-state index is 12.5. The van der Waals surface area contributed by atoms with E-state index in [-0.39, 0.29) is 17.3 Å². The van der Waals surface area contributed by atoms with Crippen molar-refractivity contribution < 1.29 is 9.15 Å². The predicted molar refractivity (Wildman–Crippen MR) is 107 cm³/mol. The number of likely N-dealkylation sites (tertiary alicyclic amines) is 1. The van der Waals surface area contributed by atoms with Gasteiger partial charge in [0.1, 0.15) is 0 Å². The standard InChI is InChI=1S/C22H29N3O3/c1-3-27-18-6-10-22(2,11-7-18)24-12-8-17(9-13-24)25-19-14-16(15-23)4-5-20(19)28-21(25)26/h4-5,14,17-18H,3,6-13H2,1-2H3/t18-,22-. The molecule has 1 aliphatic carbocycles. The average Bonchev–Trinajstić information content (AvgIpc) is 3.05. The van der Waals surface area contributed by atoms with Gasteiger partial charge in [-0.15, -0.1) is 0 Å². The first-order valence-corrected chi connectivity index (χ1v) is 10.5. The highest BCUT2D eigenvalue weighted by atomic mass is 16.5. The average molecular weight is 383 g/mol. The molecule has 0 atom stereocenters. The van der Waals surface area contributed by atoms with Crippen molar-refractivity contribution >= 4 is 11.1 Å². The second-order valence-corrected chi connectivity index (χ2v) is 8.40. The van der Waals surface area contributed by atoms with E-state index in [4.69, 9.17) is 9.15 Å². The summed E-state index contributed by atoms with van der Waals surface area (Å²) in [5.41, 5.74) is 2.09. The Bertz CT molecular complexity index is 923. The Balaban J connectivity index is 1.46. The zero-order valence-electron chi connectivity index (χ0n) is 16.8. The summed E-state index contributed by atoms with van der Waals surface area (Å²) in [6.07, 6.45) is 6.87. The van der Waals surface area contributed by atoms with E-state index in [1.807, 2.05) is 0 Å². The molecule has 2 heterocycles. The van der Waals surface area contributed by atoms with Gasteiger partial charge in [-0.05, 0) is 70.6 Å². The van der Waals surface area contributed by atoms with Crippen molar-refractivity contribution in [2.24, 2.45) is 0 Å². The van der Waals surface area contributed by atoms with E-state index in [1.54, 1.807) is 22.8 Å². The molecule has 6 nitrogen and oxygen atoms in total. The van der Waals surface area contributed by atoms with Crippen LogP contribution in [0.3, 0.4) is 0 Å². The molecule has 2 aromatic rings. The van der Waals surface area contributed by atoms with E-state index in [9.17, 15) is 10.1 Å². The lowest BCUT2D eigenvalue weighted by atomic mass is 9.79. The third-order valence-electron chi connectivity index (χ3n) is 6.75. The molecule has 0 spiro atoms. The fraction of sp³-hybridized carbons (Fsp3) is 0.636. The molecule has 1 aromatic heterocycles. The minimum atomic E-state index is -0.313. The molecule has 6 heteroatoms. The SMILES string of the molecule is CCO[C@H]1CC[C@](C)(N2CCC(n3c(=O)oc4ccc(C#N)cc43)CC2)CC1. The van der Waals surface area contributed by atoms with Crippen molar-refractivity contribution in [1.82, 2.24) is 9.47 Å². The van der Waals surface area contributed by atoms with Crippen LogP contribution in [0.2, 0.25) is 0 Å². The third-order valence-corrected chi connectivity index (χ3v) is 6.75. The highest BCUT2D eigenvalue weighted by Crippen LogP contribution is 2.38. The van der Waals surface area contributed by atoms with Crippen LogP contribution in [0.25, 0.3) is 11.1 Å². The Morgan fingerprint density at radius 3 is 2.61 bits per heavy atom. The number of piperidine rings is 1. The van der Waals surface area contributed by atoms with Gasteiger partial charge in [-0.25, -0.2) is 4.79 Å². The number of aromatic nitrogens is 1. The first kappa shape index (κ1) is 19.2. The van der Waals surface area contributed by atoms with Crippen molar-refractivity contribution in [2.45, 2.75) is 70.1 Å². The van der Waals surface area contributed by atoms with Gasteiger partial charge in [0.25, 0.3) is 0 Å². The molecule has 0 amide bonds. The Hall–Kier alpha value is -2.10. The molecule has 0 bridgehead atoms. The summed E-state index contributed by atoms with van der Waals surface area (Å²) in [5, 5.41) is 9.18. The van der Waals surface area contributed by atoms with Gasteiger partial charge in [0.15, 0.2) is 5.58 Å². The summed E-state index contributed by atoms with van der Waals surface area (Å²) in [4.78, 5) is 15.1. The molecule has 0 unspecified atom stereocenters. The van der Waals surface area contributed by atoms with Crippen LogP contribution >= 0.6 is 0 Å². The molecule has 1 saturated carbocycles. The summed E-state index contributed by atoms with van der Waals surface area (Å²) in [7, 11) is 0. The van der Waals surface area contributed by atoms with E-state index in [0.29, 0.717) is 17.3 Å². The summed E-state index contributed by atoms with van der Waals surface area (Å²) >= 11 is 0. The van der Waals surface area contributed by atoms with Gasteiger partial charge in [-0.2, -0.15) is 5.26 Å². The smallest absolute Gasteiger partial charge is 0.408 e. The Labute approximate surface area is 165 Å². The minimum absolute atomic E-state index is 0.127. The molecule has 2 fully saturated rings. The molecular formula is C22H29N3O3. The van der Waals surface area contributed by atoms with Crippen LogP contribution < -0.4 is 5.76 Å². The van der Waals surface area contributed by atoms with Crippen molar-refractivity contribution in [1.29, 1.82) is 5.26 Å². The summed E-state index contributed by atoms with van der Waals surface area (Å²) in [6.45, 7) is 7.22. The first-order valence-electron chi connectivity index (χ1n) is 10.5. The Kier molecular flexibility index (Phi) is 5.31. The van der Waals surface area contributed by atoms with Crippen LogP contribution in [0, 0.1) is 11.3 Å². The van der Waals surface area contributed by atoms with Gasteiger partial charge in [0.05, 0.1) is 23.3 Å². The molecule has 1 saturated heterocycles. The number of benzene rings is 1. The van der Waals surface area contributed by atoms with Crippen molar-refractivity contribution in [3.05, 3.63) is 34.3 Å². The number of ether oxygens (including phenoxy) is 1. The molecule has 1 aliphatic heterocycles. The predicted octanol–water partition coefficient (Wildman–Crippen LogP) is 3.84. The monoisotopic (exact) mass is 383 g/mol. The summed E-state index contributed by atoms with van der Waals surface area (Å²) in [6, 6.07) is 7.46. The highest BCUT2D eigenvalue weighted by molar-refractivity contribution is 5.75. The van der Waals surface area contributed by atoms with Gasteiger partial charge < -0.3 is 9.15 Å². The zero-order valence-corrected chi connectivity index (χ0v) is 16.8. The molecule has 1 aromatic carbocycles. The lowest BCUT2D eigenvalue weighted by molar-refractivity contribution is -0.0274. The van der Waals surface area contributed by atoms with E-state index in [2.05, 4.69) is 24.8 Å². The van der Waals surface area contributed by atoms with E-state index in [0.717, 1.165) is 50.9 Å². The van der Waals surface area contributed by atoms with Crippen molar-refractivity contribution in [3.8, 4) is 6.07 Å². The molecule has 4 rings (SSSR count). The van der Waals surface area contributed by atoms with Crippen LogP contribution in [0.1, 0.15) is 64.0 Å². The van der Waals surface area contributed by atoms with Gasteiger partial charge >= 0.3 is 5.76 Å². The summed E-state index contributed by atoms with van der Waals surface area (Å²) in [5.74, 6) is -0.313. The number of nitriles is 1. The largest absolute Gasteiger partial charge is 0.420 e. The third kappa shape index (κ3) is 3.49. The summed E-state index contributed by atoms with van der Waals surface area (Å²) < 4.78 is 13.0. The fourth-order valence-electron chi connectivity index (χ4n) is 5.04. The Morgan fingerprint density at radius 2 is 1.96 bits per heavy atom. The van der Waals surface area contributed by atoms with Crippen LogP contribution in [0.4, 0.5) is 0 Å². The van der Waals surface area contributed by atoms with Crippen molar-refractivity contribution in [2.75, 3.05) is 19.7 Å². The van der Waals surface area contributed by atoms with E-state index >= 15 is 0 Å². The zero-order chi connectivity index (χ0) is 19.7. The Morgan fingerprint density at radius 1 is 1.25 bits per heavy atom. The number of nitrogens with zero attached hydrogens (tertiary/aromatic N) is 3. The molecular weight excluding hydrogens is 354 g/mol. The normalized spacial score (nSPS) is 27.1. The topological polar surface area (TPSA) is 71.4 Å².